The van der Waals surface area contributed by atoms with Gasteiger partial charge < -0.3 is 16.0 Å². The number of hydrogen-bond acceptors (Lipinski definition) is 2. The summed E-state index contributed by atoms with van der Waals surface area (Å²) in [5.74, 6) is 1.37. The molecule has 0 spiro atoms. The van der Waals surface area contributed by atoms with Gasteiger partial charge in [0.05, 0.1) is 0 Å². The van der Waals surface area contributed by atoms with Crippen molar-refractivity contribution in [3.05, 3.63) is 0 Å². The molecule has 4 nitrogen and oxygen atoms in total. The van der Waals surface area contributed by atoms with Crippen LogP contribution in [0.5, 0.6) is 0 Å². The third-order valence-corrected chi connectivity index (χ3v) is 4.14. The summed E-state index contributed by atoms with van der Waals surface area (Å²) in [6, 6.07) is 0.578. The summed E-state index contributed by atoms with van der Waals surface area (Å²) in [6.45, 7) is 6.81. The fourth-order valence-corrected chi connectivity index (χ4v) is 3.13. The minimum atomic E-state index is 0.578. The summed E-state index contributed by atoms with van der Waals surface area (Å²) in [5.41, 5.74) is 5.95. The smallest absolute Gasteiger partial charge is 0.188 e. The van der Waals surface area contributed by atoms with Crippen LogP contribution < -0.4 is 11.1 Å². The van der Waals surface area contributed by atoms with E-state index in [-0.39, 0.29) is 0 Å². The van der Waals surface area contributed by atoms with Crippen molar-refractivity contribution in [1.82, 2.24) is 10.2 Å². The quantitative estimate of drug-likeness (QED) is 0.577. The number of hydrogen-bond donors (Lipinski definition) is 2. The lowest BCUT2D eigenvalue weighted by Gasteiger charge is -2.15. The highest BCUT2D eigenvalue weighted by molar-refractivity contribution is 5.78. The molecule has 2 aliphatic rings. The maximum atomic E-state index is 5.95. The highest BCUT2D eigenvalue weighted by Crippen LogP contribution is 2.18. The van der Waals surface area contributed by atoms with Crippen molar-refractivity contribution in [3.63, 3.8) is 0 Å². The van der Waals surface area contributed by atoms with Gasteiger partial charge in [-0.05, 0) is 44.7 Å². The van der Waals surface area contributed by atoms with Gasteiger partial charge in [-0.2, -0.15) is 0 Å². The fourth-order valence-electron chi connectivity index (χ4n) is 3.13. The molecule has 104 valence electrons. The molecule has 0 aromatic rings. The first-order chi connectivity index (χ1) is 8.78. The zero-order chi connectivity index (χ0) is 12.8. The number of nitrogens with zero attached hydrogens (tertiary/aromatic N) is 2. The lowest BCUT2D eigenvalue weighted by atomic mass is 10.1. The molecule has 18 heavy (non-hydrogen) atoms. The van der Waals surface area contributed by atoms with Gasteiger partial charge in [-0.3, -0.25) is 4.99 Å². The Morgan fingerprint density at radius 1 is 1.33 bits per heavy atom. The number of likely N-dealkylation sites (tertiary alicyclic amines) is 1. The molecule has 1 saturated carbocycles. The lowest BCUT2D eigenvalue weighted by molar-refractivity contribution is 0.326. The number of aliphatic imine (C=N–C) groups is 1. The molecular weight excluding hydrogens is 224 g/mol. The van der Waals surface area contributed by atoms with E-state index in [0.717, 1.165) is 6.54 Å². The van der Waals surface area contributed by atoms with E-state index in [4.69, 9.17) is 5.73 Å². The molecule has 4 heteroatoms. The van der Waals surface area contributed by atoms with Gasteiger partial charge >= 0.3 is 0 Å². The number of nitrogens with two attached hydrogens (primary N) is 1. The van der Waals surface area contributed by atoms with E-state index in [2.05, 4.69) is 22.1 Å². The molecule has 1 unspecified atom stereocenters. The Balaban J connectivity index is 1.66. The number of guanidine groups is 1. The maximum Gasteiger partial charge on any atom is 0.188 e. The largest absolute Gasteiger partial charge is 0.370 e. The first-order valence-corrected chi connectivity index (χ1v) is 7.56. The van der Waals surface area contributed by atoms with Crippen LogP contribution in [0.25, 0.3) is 0 Å². The molecule has 0 aromatic heterocycles. The van der Waals surface area contributed by atoms with E-state index in [1.165, 1.54) is 58.2 Å². The molecule has 1 aliphatic carbocycles. The molecule has 1 saturated heterocycles. The summed E-state index contributed by atoms with van der Waals surface area (Å²) in [7, 11) is 0. The van der Waals surface area contributed by atoms with Crippen LogP contribution in [-0.4, -0.2) is 43.1 Å². The molecule has 1 atom stereocenters. The van der Waals surface area contributed by atoms with Crippen LogP contribution in [0.15, 0.2) is 4.99 Å². The second-order valence-electron chi connectivity index (χ2n) is 5.81. The molecule has 0 bridgehead atoms. The van der Waals surface area contributed by atoms with Crippen LogP contribution in [0.4, 0.5) is 0 Å². The third-order valence-electron chi connectivity index (χ3n) is 4.14. The molecule has 3 N–H and O–H groups in total. The van der Waals surface area contributed by atoms with E-state index in [1.807, 2.05) is 0 Å². The monoisotopic (exact) mass is 252 g/mol. The Bertz CT molecular complexity index is 271. The van der Waals surface area contributed by atoms with Crippen LogP contribution in [0.1, 0.15) is 45.4 Å². The van der Waals surface area contributed by atoms with Gasteiger partial charge in [-0.25, -0.2) is 0 Å². The Kier molecular flexibility index (Phi) is 5.29. The maximum absolute atomic E-state index is 5.95. The first kappa shape index (κ1) is 13.7. The second kappa shape index (κ2) is 6.98. The first-order valence-electron chi connectivity index (χ1n) is 7.56. The van der Waals surface area contributed by atoms with E-state index < -0.39 is 0 Å². The zero-order valence-corrected chi connectivity index (χ0v) is 11.7. The molecule has 2 rings (SSSR count). The summed E-state index contributed by atoms with van der Waals surface area (Å²) >= 11 is 0. The van der Waals surface area contributed by atoms with Crippen LogP contribution >= 0.6 is 0 Å². The Labute approximate surface area is 111 Å². The topological polar surface area (TPSA) is 53.6 Å². The van der Waals surface area contributed by atoms with Crippen LogP contribution in [0.2, 0.25) is 0 Å². The van der Waals surface area contributed by atoms with Crippen LogP contribution in [0.3, 0.4) is 0 Å². The van der Waals surface area contributed by atoms with Gasteiger partial charge in [0.2, 0.25) is 0 Å². The van der Waals surface area contributed by atoms with Crippen molar-refractivity contribution in [2.24, 2.45) is 16.6 Å². The Morgan fingerprint density at radius 2 is 2.11 bits per heavy atom. The van der Waals surface area contributed by atoms with Gasteiger partial charge in [0.1, 0.15) is 0 Å². The minimum absolute atomic E-state index is 0.578. The molecule has 0 aromatic carbocycles. The second-order valence-corrected chi connectivity index (χ2v) is 5.81. The highest BCUT2D eigenvalue weighted by atomic mass is 15.2. The van der Waals surface area contributed by atoms with Crippen molar-refractivity contribution in [3.8, 4) is 0 Å². The van der Waals surface area contributed by atoms with Crippen molar-refractivity contribution in [2.75, 3.05) is 26.2 Å². The van der Waals surface area contributed by atoms with E-state index in [0.29, 0.717) is 17.9 Å². The number of rotatable bonds is 5. The van der Waals surface area contributed by atoms with Crippen LogP contribution in [0, 0.1) is 5.92 Å². The predicted octanol–water partition coefficient (Wildman–Crippen LogP) is 1.57. The third kappa shape index (κ3) is 4.16. The Hall–Kier alpha value is -0.770. The van der Waals surface area contributed by atoms with Gasteiger partial charge in [-0.1, -0.05) is 19.8 Å². The fraction of sp³-hybridized carbons (Fsp3) is 0.929. The summed E-state index contributed by atoms with van der Waals surface area (Å²) in [6.07, 6.45) is 7.70. The average Bonchev–Trinajstić information content (AvgIpc) is 2.99. The summed E-state index contributed by atoms with van der Waals surface area (Å²) < 4.78 is 0. The normalized spacial score (nSPS) is 26.9. The molecular formula is C14H28N4. The molecule has 2 fully saturated rings. The highest BCUT2D eigenvalue weighted by Gasteiger charge is 2.21. The SMILES string of the molecule is CCCN1CCC(CN=C(N)NC2CCCC2)C1. The predicted molar refractivity (Wildman–Crippen MR) is 76.7 cm³/mol. The van der Waals surface area contributed by atoms with Gasteiger partial charge in [0.25, 0.3) is 0 Å². The van der Waals surface area contributed by atoms with Crippen molar-refractivity contribution in [1.29, 1.82) is 0 Å². The molecule has 1 heterocycles. The molecule has 0 radical (unpaired) electrons. The van der Waals surface area contributed by atoms with Gasteiger partial charge in [-0.15, -0.1) is 0 Å². The van der Waals surface area contributed by atoms with E-state index in [1.54, 1.807) is 0 Å². The molecule has 0 amide bonds. The van der Waals surface area contributed by atoms with Crippen LogP contribution in [-0.2, 0) is 0 Å². The molecule has 1 aliphatic heterocycles. The van der Waals surface area contributed by atoms with Crippen molar-refractivity contribution >= 4 is 5.96 Å². The Morgan fingerprint density at radius 3 is 2.83 bits per heavy atom. The average molecular weight is 252 g/mol. The van der Waals surface area contributed by atoms with E-state index >= 15 is 0 Å². The summed E-state index contributed by atoms with van der Waals surface area (Å²) in [4.78, 5) is 7.06. The minimum Gasteiger partial charge on any atom is -0.370 e. The van der Waals surface area contributed by atoms with Gasteiger partial charge in [0.15, 0.2) is 5.96 Å². The zero-order valence-electron chi connectivity index (χ0n) is 11.7. The van der Waals surface area contributed by atoms with Crippen molar-refractivity contribution < 1.29 is 0 Å². The summed E-state index contributed by atoms with van der Waals surface area (Å²) in [5, 5.41) is 3.35. The van der Waals surface area contributed by atoms with Gasteiger partial charge in [0, 0.05) is 19.1 Å². The lowest BCUT2D eigenvalue weighted by Crippen LogP contribution is -2.38. The number of nitrogens with one attached hydrogen (secondary N) is 1. The standard InChI is InChI=1S/C14H28N4/c1-2-8-18-9-7-12(11-18)10-16-14(15)17-13-5-3-4-6-13/h12-13H,2-11H2,1H3,(H3,15,16,17). The van der Waals surface area contributed by atoms with E-state index in [9.17, 15) is 0 Å². The van der Waals surface area contributed by atoms with Crippen molar-refractivity contribution in [2.45, 2.75) is 51.5 Å².